The Balaban J connectivity index is 1.24. The number of piperidine rings is 1. The summed E-state index contributed by atoms with van der Waals surface area (Å²) in [6, 6.07) is 13.9. The van der Waals surface area contributed by atoms with Crippen molar-refractivity contribution >= 4 is 29.4 Å². The van der Waals surface area contributed by atoms with Crippen LogP contribution in [-0.2, 0) is 16.1 Å². The third kappa shape index (κ3) is 7.04. The maximum atomic E-state index is 12.8. The van der Waals surface area contributed by atoms with Crippen molar-refractivity contribution in [2.45, 2.75) is 52.2 Å². The molecule has 0 unspecified atom stereocenters. The van der Waals surface area contributed by atoms with E-state index < -0.39 is 23.6 Å². The van der Waals surface area contributed by atoms with Gasteiger partial charge in [-0.15, -0.1) is 5.10 Å². The van der Waals surface area contributed by atoms with E-state index in [0.717, 1.165) is 59.4 Å². The van der Waals surface area contributed by atoms with Crippen LogP contribution in [-0.4, -0.2) is 86.8 Å². The summed E-state index contributed by atoms with van der Waals surface area (Å²) in [4.78, 5) is 31.2. The number of halogens is 1. The molecule has 0 radical (unpaired) electrons. The molecule has 2 atom stereocenters. The molecule has 11 heteroatoms. The molecule has 2 fully saturated rings. The summed E-state index contributed by atoms with van der Waals surface area (Å²) in [5, 5.41) is 19.5. The molecular formula is C31H39ClN6O4. The zero-order chi connectivity index (χ0) is 30.0. The number of carboxylic acid groups (broad SMARTS) is 1. The van der Waals surface area contributed by atoms with Crippen LogP contribution in [0.15, 0.2) is 48.7 Å². The fourth-order valence-corrected chi connectivity index (χ4v) is 5.82. The highest BCUT2D eigenvalue weighted by atomic mass is 35.5. The Labute approximate surface area is 251 Å². The van der Waals surface area contributed by atoms with E-state index in [1.54, 1.807) is 9.58 Å². The standard InChI is InChI=1S/C31H39ClN6O4/c1-21-8-9-24(17-28(21)32)36-14-12-35(13-15-36)18-23-19-38(34-33-23)25-7-5-6-22(16-25)27-20-37(11-10-26(27)29(39)40)30(41)42-31(2,3)4/h5-9,16-17,19,26-27H,10-15,18,20H2,1-4H3,(H,39,40)/t26-,27+/m1/s1. The number of carboxylic acids is 1. The zero-order valence-corrected chi connectivity index (χ0v) is 25.4. The number of amides is 1. The number of benzene rings is 2. The molecule has 0 bridgehead atoms. The average Bonchev–Trinajstić information content (AvgIpc) is 3.42. The second-order valence-electron chi connectivity index (χ2n) is 12.2. The van der Waals surface area contributed by atoms with Crippen LogP contribution < -0.4 is 4.90 Å². The summed E-state index contributed by atoms with van der Waals surface area (Å²) in [7, 11) is 0. The van der Waals surface area contributed by atoms with Crippen molar-refractivity contribution in [1.82, 2.24) is 24.8 Å². The van der Waals surface area contributed by atoms with Crippen LogP contribution in [0.5, 0.6) is 0 Å². The monoisotopic (exact) mass is 594 g/mol. The second-order valence-corrected chi connectivity index (χ2v) is 12.6. The van der Waals surface area contributed by atoms with E-state index >= 15 is 0 Å². The van der Waals surface area contributed by atoms with Crippen molar-refractivity contribution in [2.24, 2.45) is 5.92 Å². The molecule has 3 heterocycles. The molecule has 1 amide bonds. The maximum absolute atomic E-state index is 12.8. The topological polar surface area (TPSA) is 104 Å². The van der Waals surface area contributed by atoms with Crippen molar-refractivity contribution in [3.8, 4) is 5.69 Å². The summed E-state index contributed by atoms with van der Waals surface area (Å²) >= 11 is 6.34. The summed E-state index contributed by atoms with van der Waals surface area (Å²) in [6.07, 6.45) is 1.87. The minimum Gasteiger partial charge on any atom is -0.481 e. The van der Waals surface area contributed by atoms with Crippen LogP contribution in [0.4, 0.5) is 10.5 Å². The van der Waals surface area contributed by atoms with E-state index in [4.69, 9.17) is 16.3 Å². The minimum absolute atomic E-state index is 0.276. The average molecular weight is 595 g/mol. The Morgan fingerprint density at radius 1 is 1.05 bits per heavy atom. The van der Waals surface area contributed by atoms with Crippen LogP contribution in [0.1, 0.15) is 49.9 Å². The van der Waals surface area contributed by atoms with Crippen molar-refractivity contribution in [2.75, 3.05) is 44.2 Å². The Morgan fingerprint density at radius 3 is 2.50 bits per heavy atom. The fraction of sp³-hybridized carbons (Fsp3) is 0.484. The number of piperazine rings is 1. The van der Waals surface area contributed by atoms with E-state index in [-0.39, 0.29) is 12.5 Å². The Morgan fingerprint density at radius 2 is 1.81 bits per heavy atom. The SMILES string of the molecule is Cc1ccc(N2CCN(Cc3cn(-c4cccc([C@@H]5CN(C(=O)OC(C)(C)C)CC[C@H]5C(=O)O)c4)nn3)CC2)cc1Cl. The number of carbonyl (C=O) groups excluding carboxylic acids is 1. The van der Waals surface area contributed by atoms with Crippen LogP contribution in [0.2, 0.25) is 5.02 Å². The van der Waals surface area contributed by atoms with Crippen molar-refractivity contribution in [1.29, 1.82) is 0 Å². The molecule has 1 N–H and O–H groups in total. The molecule has 5 rings (SSSR count). The van der Waals surface area contributed by atoms with E-state index in [1.165, 1.54) is 0 Å². The number of aryl methyl sites for hydroxylation is 1. The van der Waals surface area contributed by atoms with Gasteiger partial charge in [0.15, 0.2) is 0 Å². The van der Waals surface area contributed by atoms with E-state index in [1.807, 2.05) is 64.2 Å². The largest absolute Gasteiger partial charge is 0.481 e. The van der Waals surface area contributed by atoms with Gasteiger partial charge in [-0.3, -0.25) is 9.69 Å². The molecule has 42 heavy (non-hydrogen) atoms. The highest BCUT2D eigenvalue weighted by molar-refractivity contribution is 6.31. The predicted molar refractivity (Wildman–Crippen MR) is 161 cm³/mol. The Hall–Kier alpha value is -3.63. The number of hydrogen-bond acceptors (Lipinski definition) is 7. The molecule has 2 aromatic carbocycles. The van der Waals surface area contributed by atoms with Gasteiger partial charge in [-0.2, -0.15) is 0 Å². The van der Waals surface area contributed by atoms with E-state index in [0.29, 0.717) is 19.5 Å². The molecule has 10 nitrogen and oxygen atoms in total. The zero-order valence-electron chi connectivity index (χ0n) is 24.7. The van der Waals surface area contributed by atoms with Gasteiger partial charge < -0.3 is 19.6 Å². The molecule has 2 aliphatic heterocycles. The number of rotatable bonds is 6. The molecule has 3 aromatic rings. The maximum Gasteiger partial charge on any atom is 0.410 e. The van der Waals surface area contributed by atoms with Crippen LogP contribution in [0, 0.1) is 12.8 Å². The van der Waals surface area contributed by atoms with Crippen molar-refractivity contribution in [3.63, 3.8) is 0 Å². The lowest BCUT2D eigenvalue weighted by Crippen LogP contribution is -2.46. The van der Waals surface area contributed by atoms with Gasteiger partial charge in [0.25, 0.3) is 0 Å². The highest BCUT2D eigenvalue weighted by Gasteiger charge is 2.38. The first-order valence-electron chi connectivity index (χ1n) is 14.4. The lowest BCUT2D eigenvalue weighted by atomic mass is 9.80. The van der Waals surface area contributed by atoms with Crippen LogP contribution >= 0.6 is 11.6 Å². The number of carbonyl (C=O) groups is 2. The van der Waals surface area contributed by atoms with Gasteiger partial charge in [-0.1, -0.05) is 35.0 Å². The number of ether oxygens (including phenoxy) is 1. The summed E-state index contributed by atoms with van der Waals surface area (Å²) in [5.41, 5.74) is 4.11. The van der Waals surface area contributed by atoms with E-state index in [9.17, 15) is 14.7 Å². The van der Waals surface area contributed by atoms with Gasteiger partial charge in [0.05, 0.1) is 23.5 Å². The molecule has 0 saturated carbocycles. The molecule has 0 spiro atoms. The summed E-state index contributed by atoms with van der Waals surface area (Å²) in [6.45, 7) is 12.4. The lowest BCUT2D eigenvalue weighted by Gasteiger charge is -2.37. The molecule has 2 aliphatic rings. The van der Waals surface area contributed by atoms with Gasteiger partial charge in [-0.05, 0) is 69.5 Å². The first kappa shape index (κ1) is 29.8. The van der Waals surface area contributed by atoms with Crippen molar-refractivity contribution in [3.05, 3.63) is 70.5 Å². The number of aliphatic carboxylic acids is 1. The number of aromatic nitrogens is 3. The Kier molecular flexibility index (Phi) is 8.75. The van der Waals surface area contributed by atoms with Gasteiger partial charge in [0, 0.05) is 62.4 Å². The normalized spacial score (nSPS) is 20.0. The Bertz CT molecular complexity index is 1430. The molecule has 224 valence electrons. The molecule has 2 saturated heterocycles. The number of nitrogens with zero attached hydrogens (tertiary/aromatic N) is 6. The van der Waals surface area contributed by atoms with Crippen LogP contribution in [0.3, 0.4) is 0 Å². The molecule has 0 aliphatic carbocycles. The van der Waals surface area contributed by atoms with Gasteiger partial charge >= 0.3 is 12.1 Å². The van der Waals surface area contributed by atoms with Crippen LogP contribution in [0.25, 0.3) is 5.69 Å². The predicted octanol–water partition coefficient (Wildman–Crippen LogP) is 4.98. The third-order valence-corrected chi connectivity index (χ3v) is 8.37. The summed E-state index contributed by atoms with van der Waals surface area (Å²) in [5.74, 6) is -1.82. The highest BCUT2D eigenvalue weighted by Crippen LogP contribution is 2.34. The number of likely N-dealkylation sites (tertiary alicyclic amines) is 1. The molecule has 1 aromatic heterocycles. The minimum atomic E-state index is -0.858. The fourth-order valence-electron chi connectivity index (χ4n) is 5.64. The van der Waals surface area contributed by atoms with Crippen molar-refractivity contribution < 1.29 is 19.4 Å². The van der Waals surface area contributed by atoms with Gasteiger partial charge in [-0.25, -0.2) is 9.48 Å². The second kappa shape index (κ2) is 12.3. The summed E-state index contributed by atoms with van der Waals surface area (Å²) < 4.78 is 7.29. The third-order valence-electron chi connectivity index (χ3n) is 7.96. The first-order chi connectivity index (χ1) is 20.0. The number of hydrogen-bond donors (Lipinski definition) is 1. The van der Waals surface area contributed by atoms with Gasteiger partial charge in [0.2, 0.25) is 0 Å². The number of anilines is 1. The quantitative estimate of drug-likeness (QED) is 0.426. The smallest absolute Gasteiger partial charge is 0.410 e. The molecular weight excluding hydrogens is 556 g/mol. The first-order valence-corrected chi connectivity index (χ1v) is 14.8. The van der Waals surface area contributed by atoms with E-state index in [2.05, 4.69) is 32.2 Å². The van der Waals surface area contributed by atoms with Gasteiger partial charge in [0.1, 0.15) is 5.60 Å². The lowest BCUT2D eigenvalue weighted by molar-refractivity contribution is -0.144.